The minimum Gasteiger partial charge on any atom is -0.0879 e. The lowest BCUT2D eigenvalue weighted by atomic mass is 9.64. The molecule has 0 saturated heterocycles. The average molecular weight is 146 g/mol. The van der Waals surface area contributed by atoms with Crippen molar-refractivity contribution in [1.82, 2.24) is 0 Å². The molecule has 1 fully saturated rings. The minimum atomic E-state index is 0.906. The maximum atomic E-state index is 2.47. The van der Waals surface area contributed by atoms with Crippen molar-refractivity contribution in [3.63, 3.8) is 0 Å². The van der Waals surface area contributed by atoms with Gasteiger partial charge >= 0.3 is 0 Å². The highest BCUT2D eigenvalue weighted by Crippen LogP contribution is 2.49. The van der Waals surface area contributed by atoms with Gasteiger partial charge in [0.05, 0.1) is 0 Å². The molecule has 2 bridgehead atoms. The molecule has 11 heavy (non-hydrogen) atoms. The Labute approximate surface area is 68.0 Å². The first kappa shape index (κ1) is 6.05. The molecule has 0 N–H and O–H groups in total. The fourth-order valence-electron chi connectivity index (χ4n) is 3.15. The summed E-state index contributed by atoms with van der Waals surface area (Å²) in [6, 6.07) is 0. The van der Waals surface area contributed by atoms with E-state index in [0.717, 1.165) is 23.7 Å². The maximum Gasteiger partial charge on any atom is -0.0134 e. The van der Waals surface area contributed by atoms with E-state index in [-0.39, 0.29) is 0 Å². The van der Waals surface area contributed by atoms with Crippen molar-refractivity contribution in [2.45, 2.75) is 19.3 Å². The van der Waals surface area contributed by atoms with Gasteiger partial charge in [-0.3, -0.25) is 0 Å². The van der Waals surface area contributed by atoms with Crippen LogP contribution >= 0.6 is 0 Å². The number of allylic oxidation sites excluding steroid dienone is 4. The second-order valence-electron chi connectivity index (χ2n) is 4.20. The summed E-state index contributed by atoms with van der Waals surface area (Å²) in [4.78, 5) is 0. The van der Waals surface area contributed by atoms with E-state index in [1.807, 2.05) is 0 Å². The topological polar surface area (TPSA) is 0 Å². The van der Waals surface area contributed by atoms with E-state index in [0.29, 0.717) is 0 Å². The van der Waals surface area contributed by atoms with E-state index in [1.165, 1.54) is 19.3 Å². The van der Waals surface area contributed by atoms with E-state index in [4.69, 9.17) is 0 Å². The molecule has 0 radical (unpaired) electrons. The molecule has 0 amide bonds. The maximum absolute atomic E-state index is 2.47. The van der Waals surface area contributed by atoms with Crippen LogP contribution in [-0.2, 0) is 0 Å². The monoisotopic (exact) mass is 146 g/mol. The van der Waals surface area contributed by atoms with Gasteiger partial charge in [0, 0.05) is 0 Å². The lowest BCUT2D eigenvalue weighted by Gasteiger charge is -2.41. The summed E-state index contributed by atoms with van der Waals surface area (Å²) in [6.07, 6.45) is 14.1. The molecule has 0 aromatic carbocycles. The third-order valence-electron chi connectivity index (χ3n) is 3.74. The first-order valence-electron chi connectivity index (χ1n) is 4.80. The molecule has 4 rings (SSSR count). The van der Waals surface area contributed by atoms with Gasteiger partial charge in [0.25, 0.3) is 0 Å². The first-order chi connectivity index (χ1) is 5.45. The standard InChI is InChI=1S/C11H14/c1-2-10-8-4-6-9(7-5-8)11(10)3-1/h1-2,4,6,8-11H,3,5,7H2/t8-,9+,10+,11-/m0/s1. The number of hydrogen-bond acceptors (Lipinski definition) is 0. The van der Waals surface area contributed by atoms with Crippen LogP contribution in [0, 0.1) is 23.7 Å². The molecule has 58 valence electrons. The second kappa shape index (κ2) is 2.00. The summed E-state index contributed by atoms with van der Waals surface area (Å²) >= 11 is 0. The van der Waals surface area contributed by atoms with Crippen molar-refractivity contribution in [2.75, 3.05) is 0 Å². The third kappa shape index (κ3) is 0.702. The molecule has 4 aliphatic carbocycles. The van der Waals surface area contributed by atoms with Crippen molar-refractivity contribution in [3.8, 4) is 0 Å². The largest absolute Gasteiger partial charge is 0.0879 e. The van der Waals surface area contributed by atoms with E-state index >= 15 is 0 Å². The van der Waals surface area contributed by atoms with Crippen LogP contribution in [0.25, 0.3) is 0 Å². The normalized spacial score (nSPS) is 51.6. The lowest BCUT2D eigenvalue weighted by molar-refractivity contribution is 0.173. The molecule has 0 heterocycles. The average Bonchev–Trinajstić information content (AvgIpc) is 2.55. The number of rotatable bonds is 0. The Kier molecular flexibility index (Phi) is 1.10. The van der Waals surface area contributed by atoms with Gasteiger partial charge in [-0.05, 0) is 42.9 Å². The van der Waals surface area contributed by atoms with Crippen molar-refractivity contribution in [3.05, 3.63) is 24.3 Å². The Morgan fingerprint density at radius 1 is 0.909 bits per heavy atom. The second-order valence-corrected chi connectivity index (χ2v) is 4.20. The zero-order valence-electron chi connectivity index (χ0n) is 6.74. The Morgan fingerprint density at radius 2 is 1.73 bits per heavy atom. The van der Waals surface area contributed by atoms with Crippen molar-refractivity contribution >= 4 is 0 Å². The molecule has 1 saturated carbocycles. The molecule has 0 nitrogen and oxygen atoms in total. The van der Waals surface area contributed by atoms with E-state index < -0.39 is 0 Å². The molecule has 0 aromatic heterocycles. The van der Waals surface area contributed by atoms with Crippen LogP contribution < -0.4 is 0 Å². The molecule has 0 heteroatoms. The van der Waals surface area contributed by atoms with Crippen molar-refractivity contribution in [1.29, 1.82) is 0 Å². The van der Waals surface area contributed by atoms with E-state index in [2.05, 4.69) is 24.3 Å². The first-order valence-corrected chi connectivity index (χ1v) is 4.80. The van der Waals surface area contributed by atoms with Crippen LogP contribution in [0.4, 0.5) is 0 Å². The Bertz CT molecular complexity index is 224. The predicted octanol–water partition coefficient (Wildman–Crippen LogP) is 2.77. The SMILES string of the molecule is C1=C[C@H]2[C@@H](C1)[C@@H]1C=C[C@H]2CC1. The Balaban J connectivity index is 2.01. The summed E-state index contributed by atoms with van der Waals surface area (Å²) in [5.41, 5.74) is 0. The highest BCUT2D eigenvalue weighted by Gasteiger charge is 2.40. The number of hydrogen-bond donors (Lipinski definition) is 0. The molecule has 4 atom stereocenters. The van der Waals surface area contributed by atoms with Gasteiger partial charge in [0.1, 0.15) is 0 Å². The van der Waals surface area contributed by atoms with Crippen LogP contribution in [0.5, 0.6) is 0 Å². The van der Waals surface area contributed by atoms with Crippen LogP contribution in [0.2, 0.25) is 0 Å². The van der Waals surface area contributed by atoms with Gasteiger partial charge in [0.15, 0.2) is 0 Å². The molecule has 0 aromatic rings. The fourth-order valence-corrected chi connectivity index (χ4v) is 3.15. The summed E-state index contributed by atoms with van der Waals surface area (Å²) in [6.45, 7) is 0. The van der Waals surface area contributed by atoms with Gasteiger partial charge in [-0.2, -0.15) is 0 Å². The Hall–Kier alpha value is -0.520. The zero-order chi connectivity index (χ0) is 7.26. The molecular formula is C11H14. The summed E-state index contributed by atoms with van der Waals surface area (Å²) in [7, 11) is 0. The summed E-state index contributed by atoms with van der Waals surface area (Å²) < 4.78 is 0. The van der Waals surface area contributed by atoms with Crippen LogP contribution in [-0.4, -0.2) is 0 Å². The fraction of sp³-hybridized carbons (Fsp3) is 0.636. The highest BCUT2D eigenvalue weighted by atomic mass is 14.4. The zero-order valence-corrected chi connectivity index (χ0v) is 6.74. The smallest absolute Gasteiger partial charge is 0.0134 e. The van der Waals surface area contributed by atoms with Crippen LogP contribution in [0.1, 0.15) is 19.3 Å². The molecule has 4 aliphatic rings. The van der Waals surface area contributed by atoms with E-state index in [9.17, 15) is 0 Å². The highest BCUT2D eigenvalue weighted by molar-refractivity contribution is 5.18. The quantitative estimate of drug-likeness (QED) is 0.461. The third-order valence-corrected chi connectivity index (χ3v) is 3.74. The van der Waals surface area contributed by atoms with E-state index in [1.54, 1.807) is 0 Å². The molecule has 0 unspecified atom stereocenters. The molecule has 0 aliphatic heterocycles. The van der Waals surface area contributed by atoms with Gasteiger partial charge in [0.2, 0.25) is 0 Å². The summed E-state index contributed by atoms with van der Waals surface area (Å²) in [5, 5.41) is 0. The van der Waals surface area contributed by atoms with Gasteiger partial charge < -0.3 is 0 Å². The minimum absolute atomic E-state index is 0.906. The molecule has 0 spiro atoms. The molecular weight excluding hydrogens is 132 g/mol. The van der Waals surface area contributed by atoms with Gasteiger partial charge in [-0.25, -0.2) is 0 Å². The van der Waals surface area contributed by atoms with Crippen LogP contribution in [0.15, 0.2) is 24.3 Å². The number of fused-ring (bicyclic) bond motifs is 1. The van der Waals surface area contributed by atoms with Gasteiger partial charge in [-0.1, -0.05) is 24.3 Å². The van der Waals surface area contributed by atoms with Gasteiger partial charge in [-0.15, -0.1) is 0 Å². The van der Waals surface area contributed by atoms with Crippen molar-refractivity contribution in [2.24, 2.45) is 23.7 Å². The Morgan fingerprint density at radius 3 is 2.45 bits per heavy atom. The lowest BCUT2D eigenvalue weighted by Crippen LogP contribution is -2.33. The predicted molar refractivity (Wildman–Crippen MR) is 46.1 cm³/mol. The van der Waals surface area contributed by atoms with Crippen molar-refractivity contribution < 1.29 is 0 Å². The van der Waals surface area contributed by atoms with Crippen LogP contribution in [0.3, 0.4) is 0 Å². The summed E-state index contributed by atoms with van der Waals surface area (Å²) in [5.74, 6) is 3.77.